The lowest BCUT2D eigenvalue weighted by atomic mass is 10.0. The molecule has 98 valence electrons. The maximum atomic E-state index is 12.0. The van der Waals surface area contributed by atoms with Crippen LogP contribution in [0.4, 0.5) is 0 Å². The average Bonchev–Trinajstić information content (AvgIpc) is 2.28. The Labute approximate surface area is 107 Å². The van der Waals surface area contributed by atoms with Gasteiger partial charge in [-0.3, -0.25) is 0 Å². The zero-order chi connectivity index (χ0) is 13.8. The minimum absolute atomic E-state index is 0.0326. The van der Waals surface area contributed by atoms with Crippen LogP contribution in [0.25, 0.3) is 0 Å². The van der Waals surface area contributed by atoms with E-state index in [1.165, 1.54) is 12.1 Å². The van der Waals surface area contributed by atoms with Crippen LogP contribution in [-0.2, 0) is 4.74 Å². The maximum Gasteiger partial charge on any atom is 0.339 e. The Morgan fingerprint density at radius 3 is 2.28 bits per heavy atom. The summed E-state index contributed by atoms with van der Waals surface area (Å²) in [6.07, 6.45) is 1.62. The number of aromatic carboxylic acids is 1. The second-order valence-electron chi connectivity index (χ2n) is 4.75. The van der Waals surface area contributed by atoms with Gasteiger partial charge in [0, 0.05) is 0 Å². The highest BCUT2D eigenvalue weighted by atomic mass is 16.6. The zero-order valence-electron chi connectivity index (χ0n) is 10.9. The molecule has 0 aliphatic heterocycles. The molecular formula is C14H18O4. The van der Waals surface area contributed by atoms with Crippen LogP contribution < -0.4 is 0 Å². The summed E-state index contributed by atoms with van der Waals surface area (Å²) < 4.78 is 5.35. The Hall–Kier alpha value is -1.84. The van der Waals surface area contributed by atoms with Crippen molar-refractivity contribution < 1.29 is 19.4 Å². The molecule has 0 saturated carbocycles. The van der Waals surface area contributed by atoms with Crippen LogP contribution in [0.3, 0.4) is 0 Å². The standard InChI is InChI=1S/C14H18O4/c1-4-9-14(2,3)18-13(17)11-8-6-5-7-10(11)12(15)16/h5-8H,4,9H2,1-3H3,(H,15,16). The van der Waals surface area contributed by atoms with Gasteiger partial charge in [0.05, 0.1) is 11.1 Å². The number of carboxylic acid groups (broad SMARTS) is 1. The number of ether oxygens (including phenoxy) is 1. The van der Waals surface area contributed by atoms with Gasteiger partial charge in [-0.2, -0.15) is 0 Å². The van der Waals surface area contributed by atoms with Crippen molar-refractivity contribution in [3.05, 3.63) is 35.4 Å². The molecule has 0 amide bonds. The number of carbonyl (C=O) groups excluding carboxylic acids is 1. The molecule has 4 nitrogen and oxygen atoms in total. The molecule has 0 aliphatic rings. The van der Waals surface area contributed by atoms with Crippen LogP contribution >= 0.6 is 0 Å². The van der Waals surface area contributed by atoms with E-state index in [9.17, 15) is 9.59 Å². The van der Waals surface area contributed by atoms with Crippen LogP contribution in [0.1, 0.15) is 54.3 Å². The van der Waals surface area contributed by atoms with Crippen molar-refractivity contribution in [1.82, 2.24) is 0 Å². The van der Waals surface area contributed by atoms with Crippen molar-refractivity contribution in [2.24, 2.45) is 0 Å². The van der Waals surface area contributed by atoms with Gasteiger partial charge >= 0.3 is 11.9 Å². The monoisotopic (exact) mass is 250 g/mol. The van der Waals surface area contributed by atoms with Crippen molar-refractivity contribution >= 4 is 11.9 Å². The lowest BCUT2D eigenvalue weighted by Crippen LogP contribution is -2.28. The number of benzene rings is 1. The Morgan fingerprint density at radius 2 is 1.78 bits per heavy atom. The van der Waals surface area contributed by atoms with Crippen LogP contribution in [0, 0.1) is 0 Å². The Morgan fingerprint density at radius 1 is 1.22 bits per heavy atom. The van der Waals surface area contributed by atoms with E-state index in [-0.39, 0.29) is 11.1 Å². The summed E-state index contributed by atoms with van der Waals surface area (Å²) in [5.74, 6) is -1.72. The van der Waals surface area contributed by atoms with Crippen molar-refractivity contribution in [1.29, 1.82) is 0 Å². The molecular weight excluding hydrogens is 232 g/mol. The third kappa shape index (κ3) is 3.58. The van der Waals surface area contributed by atoms with E-state index < -0.39 is 17.5 Å². The molecule has 0 aromatic heterocycles. The molecule has 0 fully saturated rings. The van der Waals surface area contributed by atoms with Gasteiger partial charge in [0.15, 0.2) is 0 Å². The molecule has 1 aromatic carbocycles. The van der Waals surface area contributed by atoms with E-state index in [2.05, 4.69) is 0 Å². The SMILES string of the molecule is CCCC(C)(C)OC(=O)c1ccccc1C(=O)O. The topological polar surface area (TPSA) is 63.6 Å². The molecule has 0 unspecified atom stereocenters. The fraction of sp³-hybridized carbons (Fsp3) is 0.429. The van der Waals surface area contributed by atoms with Gasteiger partial charge in [-0.15, -0.1) is 0 Å². The van der Waals surface area contributed by atoms with E-state index in [0.717, 1.165) is 12.8 Å². The molecule has 1 N–H and O–H groups in total. The first-order valence-corrected chi connectivity index (χ1v) is 5.93. The van der Waals surface area contributed by atoms with Gasteiger partial charge in [0.1, 0.15) is 5.60 Å². The minimum Gasteiger partial charge on any atom is -0.478 e. The third-order valence-corrected chi connectivity index (χ3v) is 2.60. The first-order valence-electron chi connectivity index (χ1n) is 5.93. The summed E-state index contributed by atoms with van der Waals surface area (Å²) in [4.78, 5) is 23.0. The second kappa shape index (κ2) is 5.67. The Balaban J connectivity index is 2.95. The van der Waals surface area contributed by atoms with E-state index in [4.69, 9.17) is 9.84 Å². The van der Waals surface area contributed by atoms with Crippen LogP contribution in [-0.4, -0.2) is 22.6 Å². The summed E-state index contributed by atoms with van der Waals surface area (Å²) in [6.45, 7) is 5.64. The molecule has 0 heterocycles. The Bertz CT molecular complexity index is 449. The number of hydrogen-bond donors (Lipinski definition) is 1. The summed E-state index contributed by atoms with van der Waals surface area (Å²) >= 11 is 0. The molecule has 0 radical (unpaired) electrons. The van der Waals surface area contributed by atoms with Gasteiger partial charge < -0.3 is 9.84 Å². The number of hydrogen-bond acceptors (Lipinski definition) is 3. The van der Waals surface area contributed by atoms with E-state index in [1.54, 1.807) is 12.1 Å². The highest BCUT2D eigenvalue weighted by Crippen LogP contribution is 2.20. The summed E-state index contributed by atoms with van der Waals surface area (Å²) in [6, 6.07) is 6.06. The summed E-state index contributed by atoms with van der Waals surface area (Å²) in [5.41, 5.74) is -0.527. The molecule has 0 bridgehead atoms. The normalized spacial score (nSPS) is 11.1. The largest absolute Gasteiger partial charge is 0.478 e. The first kappa shape index (κ1) is 14.2. The molecule has 4 heteroatoms. The van der Waals surface area contributed by atoms with Gasteiger partial charge in [-0.05, 0) is 32.4 Å². The Kier molecular flexibility index (Phi) is 4.48. The van der Waals surface area contributed by atoms with E-state index >= 15 is 0 Å². The molecule has 18 heavy (non-hydrogen) atoms. The molecule has 1 aromatic rings. The molecule has 0 aliphatic carbocycles. The lowest BCUT2D eigenvalue weighted by Gasteiger charge is -2.24. The zero-order valence-corrected chi connectivity index (χ0v) is 10.9. The quantitative estimate of drug-likeness (QED) is 0.815. The fourth-order valence-corrected chi connectivity index (χ4v) is 1.81. The van der Waals surface area contributed by atoms with Crippen molar-refractivity contribution in [3.63, 3.8) is 0 Å². The van der Waals surface area contributed by atoms with Crippen LogP contribution in [0.2, 0.25) is 0 Å². The molecule has 0 saturated heterocycles. The number of carboxylic acids is 1. The molecule has 0 atom stereocenters. The molecule has 0 spiro atoms. The number of rotatable bonds is 5. The lowest BCUT2D eigenvalue weighted by molar-refractivity contribution is -0.00501. The second-order valence-corrected chi connectivity index (χ2v) is 4.75. The predicted molar refractivity (Wildman–Crippen MR) is 67.8 cm³/mol. The van der Waals surface area contributed by atoms with Crippen molar-refractivity contribution in [2.75, 3.05) is 0 Å². The minimum atomic E-state index is -1.13. The maximum absolute atomic E-state index is 12.0. The van der Waals surface area contributed by atoms with Crippen molar-refractivity contribution in [2.45, 2.75) is 39.2 Å². The number of esters is 1. The highest BCUT2D eigenvalue weighted by Gasteiger charge is 2.25. The van der Waals surface area contributed by atoms with Gasteiger partial charge in [-0.25, -0.2) is 9.59 Å². The van der Waals surface area contributed by atoms with E-state index in [0.29, 0.717) is 0 Å². The summed E-state index contributed by atoms with van der Waals surface area (Å²) in [7, 11) is 0. The van der Waals surface area contributed by atoms with E-state index in [1.807, 2.05) is 20.8 Å². The smallest absolute Gasteiger partial charge is 0.339 e. The number of carbonyl (C=O) groups is 2. The van der Waals surface area contributed by atoms with Gasteiger partial charge in [0.2, 0.25) is 0 Å². The average molecular weight is 250 g/mol. The van der Waals surface area contributed by atoms with Gasteiger partial charge in [-0.1, -0.05) is 25.5 Å². The van der Waals surface area contributed by atoms with Crippen molar-refractivity contribution in [3.8, 4) is 0 Å². The highest BCUT2D eigenvalue weighted by molar-refractivity contribution is 6.02. The van der Waals surface area contributed by atoms with Gasteiger partial charge in [0.25, 0.3) is 0 Å². The van der Waals surface area contributed by atoms with Crippen LogP contribution in [0.5, 0.6) is 0 Å². The first-order chi connectivity index (χ1) is 8.37. The molecule has 1 rings (SSSR count). The fourth-order valence-electron chi connectivity index (χ4n) is 1.81. The van der Waals surface area contributed by atoms with Crippen LogP contribution in [0.15, 0.2) is 24.3 Å². The predicted octanol–water partition coefficient (Wildman–Crippen LogP) is 3.12. The third-order valence-electron chi connectivity index (χ3n) is 2.60. The summed E-state index contributed by atoms with van der Waals surface area (Å²) in [5, 5.41) is 9.01.